The minimum Gasteiger partial charge on any atom is -0.481 e. The molecule has 0 aliphatic heterocycles. The van der Waals surface area contributed by atoms with Crippen molar-refractivity contribution in [2.75, 3.05) is 6.61 Å². The van der Waals surface area contributed by atoms with E-state index >= 15 is 0 Å². The molecule has 0 fully saturated rings. The topological polar surface area (TPSA) is 63.6 Å². The molecule has 0 aromatic rings. The van der Waals surface area contributed by atoms with Crippen molar-refractivity contribution in [2.45, 2.75) is 180 Å². The summed E-state index contributed by atoms with van der Waals surface area (Å²) < 4.78 is 5.04. The monoisotopic (exact) mass is 562 g/mol. The predicted octanol–water partition coefficient (Wildman–Crippen LogP) is 11.5. The number of unbranched alkanes of at least 4 members (excludes halogenated alkanes) is 24. The third-order valence-electron chi connectivity index (χ3n) is 8.01. The Balaban J connectivity index is 3.30. The lowest BCUT2D eigenvalue weighted by molar-refractivity contribution is -0.152. The van der Waals surface area contributed by atoms with Gasteiger partial charge in [-0.3, -0.25) is 9.59 Å². The smallest absolute Gasteiger partial charge is 0.309 e. The molecular weight excluding hydrogens is 496 g/mol. The molecule has 0 aliphatic rings. The van der Waals surface area contributed by atoms with Crippen molar-refractivity contribution in [3.63, 3.8) is 0 Å². The fourth-order valence-corrected chi connectivity index (χ4v) is 5.48. The zero-order valence-corrected chi connectivity index (χ0v) is 26.5. The number of hydrogen-bond acceptors (Lipinski definition) is 3. The Labute approximate surface area is 248 Å². The van der Waals surface area contributed by atoms with Crippen molar-refractivity contribution in [3.05, 3.63) is 24.8 Å². The van der Waals surface area contributed by atoms with E-state index in [1.54, 1.807) is 0 Å². The molecule has 0 radical (unpaired) electrons. The average Bonchev–Trinajstić information content (AvgIpc) is 2.94. The quantitative estimate of drug-likeness (QED) is 0.0503. The summed E-state index contributed by atoms with van der Waals surface area (Å²) in [5, 5.41) is 9.03. The number of allylic oxidation sites excluding steroid dienone is 2. The van der Waals surface area contributed by atoms with E-state index < -0.39 is 17.9 Å². The van der Waals surface area contributed by atoms with E-state index in [-0.39, 0.29) is 13.0 Å². The number of carboxylic acids is 1. The molecule has 0 aliphatic carbocycles. The van der Waals surface area contributed by atoms with Crippen LogP contribution in [0.4, 0.5) is 0 Å². The Hall–Kier alpha value is -1.58. The summed E-state index contributed by atoms with van der Waals surface area (Å²) in [4.78, 5) is 23.0. The molecule has 4 heteroatoms. The van der Waals surface area contributed by atoms with Crippen LogP contribution in [-0.2, 0) is 14.3 Å². The van der Waals surface area contributed by atoms with Crippen LogP contribution in [0.5, 0.6) is 0 Å². The van der Waals surface area contributed by atoms with Crippen LogP contribution in [0.3, 0.4) is 0 Å². The summed E-state index contributed by atoms with van der Waals surface area (Å²) >= 11 is 0. The summed E-state index contributed by atoms with van der Waals surface area (Å²) in [6.07, 6.45) is 40.2. The van der Waals surface area contributed by atoms with Gasteiger partial charge in [-0.15, -0.1) is 0 Å². The van der Waals surface area contributed by atoms with Gasteiger partial charge in [0, 0.05) is 0 Å². The summed E-state index contributed by atoms with van der Waals surface area (Å²) in [5.74, 6) is -1.88. The molecule has 0 rings (SSSR count). The molecule has 0 bridgehead atoms. The summed E-state index contributed by atoms with van der Waals surface area (Å²) in [6.45, 7) is 5.78. The Bertz CT molecular complexity index is 598. The van der Waals surface area contributed by atoms with Gasteiger partial charge in [-0.25, -0.2) is 0 Å². The number of aliphatic carboxylic acids is 1. The van der Waals surface area contributed by atoms with E-state index in [1.165, 1.54) is 154 Å². The number of carbonyl (C=O) groups excluding carboxylic acids is 1. The van der Waals surface area contributed by atoms with Gasteiger partial charge in [0.05, 0.1) is 12.3 Å². The predicted molar refractivity (Wildman–Crippen MR) is 172 cm³/mol. The summed E-state index contributed by atoms with van der Waals surface area (Å²) in [7, 11) is 0. The van der Waals surface area contributed by atoms with Crippen molar-refractivity contribution >= 4 is 11.9 Å². The lowest BCUT2D eigenvalue weighted by Crippen LogP contribution is -2.21. The molecule has 0 heterocycles. The normalized spacial score (nSPS) is 12.1. The highest BCUT2D eigenvalue weighted by atomic mass is 16.5. The fourth-order valence-electron chi connectivity index (χ4n) is 5.48. The van der Waals surface area contributed by atoms with Gasteiger partial charge in [0.15, 0.2) is 0 Å². The first-order chi connectivity index (χ1) is 19.6. The van der Waals surface area contributed by atoms with Gasteiger partial charge in [-0.05, 0) is 26.2 Å². The molecule has 1 N–H and O–H groups in total. The van der Waals surface area contributed by atoms with Crippen LogP contribution >= 0.6 is 0 Å². The number of esters is 1. The van der Waals surface area contributed by atoms with Gasteiger partial charge < -0.3 is 9.84 Å². The Morgan fingerprint density at radius 1 is 0.625 bits per heavy atom. The first-order valence-electron chi connectivity index (χ1n) is 17.2. The second-order valence-corrected chi connectivity index (χ2v) is 11.8. The Morgan fingerprint density at radius 3 is 1.30 bits per heavy atom. The molecule has 234 valence electrons. The van der Waals surface area contributed by atoms with Crippen LogP contribution in [0.15, 0.2) is 24.8 Å². The van der Waals surface area contributed by atoms with Crippen LogP contribution in [0.25, 0.3) is 0 Å². The van der Waals surface area contributed by atoms with E-state index in [4.69, 9.17) is 9.84 Å². The van der Waals surface area contributed by atoms with E-state index in [9.17, 15) is 9.59 Å². The van der Waals surface area contributed by atoms with Crippen molar-refractivity contribution in [1.82, 2.24) is 0 Å². The van der Waals surface area contributed by atoms with E-state index in [0.717, 1.165) is 12.8 Å². The number of carboxylic acid groups (broad SMARTS) is 1. The molecule has 0 aromatic carbocycles. The van der Waals surface area contributed by atoms with Gasteiger partial charge >= 0.3 is 11.9 Å². The Kier molecular flexibility index (Phi) is 30.7. The molecule has 1 atom stereocenters. The second-order valence-electron chi connectivity index (χ2n) is 11.8. The van der Waals surface area contributed by atoms with Crippen LogP contribution in [0.1, 0.15) is 180 Å². The highest BCUT2D eigenvalue weighted by Gasteiger charge is 2.22. The summed E-state index contributed by atoms with van der Waals surface area (Å²) in [5.41, 5.74) is 0. The zero-order valence-electron chi connectivity index (χ0n) is 26.5. The minimum absolute atomic E-state index is 0.145. The maximum Gasteiger partial charge on any atom is 0.309 e. The molecule has 40 heavy (non-hydrogen) atoms. The van der Waals surface area contributed by atoms with Crippen LogP contribution in [0, 0.1) is 5.92 Å². The van der Waals surface area contributed by atoms with E-state index in [2.05, 4.69) is 25.7 Å². The number of hydrogen-bond donors (Lipinski definition) is 1. The third kappa shape index (κ3) is 29.4. The van der Waals surface area contributed by atoms with E-state index in [1.807, 2.05) is 0 Å². The molecule has 0 saturated carbocycles. The molecular formula is C36H66O4. The zero-order chi connectivity index (χ0) is 29.4. The maximum atomic E-state index is 12.0. The van der Waals surface area contributed by atoms with Crippen molar-refractivity contribution < 1.29 is 19.4 Å². The highest BCUT2D eigenvalue weighted by molar-refractivity contribution is 5.79. The largest absolute Gasteiger partial charge is 0.481 e. The van der Waals surface area contributed by atoms with Crippen LogP contribution in [-0.4, -0.2) is 23.7 Å². The number of carbonyl (C=O) groups is 2. The van der Waals surface area contributed by atoms with Gasteiger partial charge in [0.25, 0.3) is 0 Å². The lowest BCUT2D eigenvalue weighted by atomic mass is 9.97. The SMILES string of the molecule is C=CCOC(=O)C(CCCCCCCCCCCCCCCCCCCCCCCCCC/C=C/C)CC(=O)O. The van der Waals surface area contributed by atoms with E-state index in [0.29, 0.717) is 6.42 Å². The van der Waals surface area contributed by atoms with Gasteiger partial charge in [-0.1, -0.05) is 172 Å². The van der Waals surface area contributed by atoms with Crippen molar-refractivity contribution in [2.24, 2.45) is 5.92 Å². The Morgan fingerprint density at radius 2 is 0.975 bits per heavy atom. The van der Waals surface area contributed by atoms with Gasteiger partial charge in [-0.2, -0.15) is 0 Å². The van der Waals surface area contributed by atoms with Crippen LogP contribution in [0.2, 0.25) is 0 Å². The molecule has 0 aromatic heterocycles. The number of rotatable bonds is 32. The fraction of sp³-hybridized carbons (Fsp3) is 0.833. The number of ether oxygens (including phenoxy) is 1. The molecule has 4 nitrogen and oxygen atoms in total. The van der Waals surface area contributed by atoms with Crippen LogP contribution < -0.4 is 0 Å². The second kappa shape index (κ2) is 31.9. The standard InChI is InChI=1S/C36H66O4/c1-3-5-6-7-8-9-10-11-12-13-14-15-16-17-18-19-20-21-22-23-24-25-26-27-28-29-30-31-34(33-35(37)38)36(39)40-32-4-2/h3-5,34H,2,6-33H2,1H3,(H,37,38)/b5-3+. The molecule has 0 saturated heterocycles. The summed E-state index contributed by atoms with van der Waals surface area (Å²) in [6, 6.07) is 0. The minimum atomic E-state index is -0.940. The van der Waals surface area contributed by atoms with Gasteiger partial charge in [0.1, 0.15) is 6.61 Å². The van der Waals surface area contributed by atoms with Gasteiger partial charge in [0.2, 0.25) is 0 Å². The first-order valence-corrected chi connectivity index (χ1v) is 17.2. The first kappa shape index (κ1) is 38.4. The highest BCUT2D eigenvalue weighted by Crippen LogP contribution is 2.19. The maximum absolute atomic E-state index is 12.0. The lowest BCUT2D eigenvalue weighted by Gasteiger charge is -2.13. The molecule has 0 amide bonds. The third-order valence-corrected chi connectivity index (χ3v) is 8.01. The van der Waals surface area contributed by atoms with Crippen molar-refractivity contribution in [3.8, 4) is 0 Å². The average molecular weight is 563 g/mol. The van der Waals surface area contributed by atoms with Crippen molar-refractivity contribution in [1.29, 1.82) is 0 Å². The molecule has 1 unspecified atom stereocenters. The molecule has 0 spiro atoms.